The zero-order chi connectivity index (χ0) is 13.1. The zero-order valence-corrected chi connectivity index (χ0v) is 10.3. The van der Waals surface area contributed by atoms with Gasteiger partial charge < -0.3 is 11.5 Å². The lowest BCUT2D eigenvalue weighted by Crippen LogP contribution is -2.18. The monoisotopic (exact) mass is 286 g/mol. The second-order valence-corrected chi connectivity index (χ2v) is 3.77. The SMILES string of the molecule is Cl.NCCC[C@@H](N)c1ccc(F)cc1C(F)(F)F. The lowest BCUT2D eigenvalue weighted by Gasteiger charge is -2.18. The molecule has 4 N–H and O–H groups in total. The normalized spacial score (nSPS) is 13.0. The van der Waals surface area contributed by atoms with E-state index in [1.165, 1.54) is 0 Å². The Hall–Kier alpha value is -0.850. The molecule has 1 aromatic rings. The van der Waals surface area contributed by atoms with Crippen molar-refractivity contribution < 1.29 is 17.6 Å². The number of alkyl halides is 3. The topological polar surface area (TPSA) is 52.0 Å². The number of rotatable bonds is 4. The van der Waals surface area contributed by atoms with Crippen molar-refractivity contribution >= 4 is 12.4 Å². The Morgan fingerprint density at radius 3 is 2.33 bits per heavy atom. The Balaban J connectivity index is 0.00000289. The summed E-state index contributed by atoms with van der Waals surface area (Å²) in [5.74, 6) is -0.924. The molecule has 7 heteroatoms. The fraction of sp³-hybridized carbons (Fsp3) is 0.455. The molecule has 0 fully saturated rings. The van der Waals surface area contributed by atoms with Gasteiger partial charge in [-0.3, -0.25) is 0 Å². The molecule has 0 aliphatic heterocycles. The molecule has 18 heavy (non-hydrogen) atoms. The second-order valence-electron chi connectivity index (χ2n) is 3.77. The van der Waals surface area contributed by atoms with E-state index in [1.807, 2.05) is 0 Å². The number of nitrogens with two attached hydrogens (primary N) is 2. The van der Waals surface area contributed by atoms with Crippen LogP contribution < -0.4 is 11.5 Å². The van der Waals surface area contributed by atoms with Crippen molar-refractivity contribution in [2.75, 3.05) is 6.54 Å². The van der Waals surface area contributed by atoms with Crippen LogP contribution in [0, 0.1) is 5.82 Å². The van der Waals surface area contributed by atoms with E-state index < -0.39 is 23.6 Å². The van der Waals surface area contributed by atoms with Gasteiger partial charge in [-0.15, -0.1) is 12.4 Å². The highest BCUT2D eigenvalue weighted by Gasteiger charge is 2.34. The molecule has 1 atom stereocenters. The Morgan fingerprint density at radius 1 is 1.22 bits per heavy atom. The van der Waals surface area contributed by atoms with Crippen molar-refractivity contribution in [1.29, 1.82) is 0 Å². The third-order valence-electron chi connectivity index (χ3n) is 2.44. The van der Waals surface area contributed by atoms with Crippen LogP contribution >= 0.6 is 12.4 Å². The average Bonchev–Trinajstić information content (AvgIpc) is 2.24. The maximum atomic E-state index is 12.8. The van der Waals surface area contributed by atoms with Crippen LogP contribution in [0.1, 0.15) is 30.0 Å². The van der Waals surface area contributed by atoms with Gasteiger partial charge in [-0.1, -0.05) is 6.07 Å². The van der Waals surface area contributed by atoms with Gasteiger partial charge in [0.2, 0.25) is 0 Å². The average molecular weight is 287 g/mol. The molecule has 104 valence electrons. The minimum atomic E-state index is -4.60. The summed E-state index contributed by atoms with van der Waals surface area (Å²) in [6, 6.07) is 1.75. The molecule has 0 heterocycles. The molecule has 0 radical (unpaired) electrons. The summed E-state index contributed by atoms with van der Waals surface area (Å²) in [4.78, 5) is 0. The van der Waals surface area contributed by atoms with E-state index in [1.54, 1.807) is 0 Å². The minimum Gasteiger partial charge on any atom is -0.330 e. The van der Waals surface area contributed by atoms with Gasteiger partial charge in [-0.25, -0.2) is 4.39 Å². The van der Waals surface area contributed by atoms with Crippen molar-refractivity contribution in [3.05, 3.63) is 35.1 Å². The maximum absolute atomic E-state index is 12.8. The molecule has 2 nitrogen and oxygen atoms in total. The number of halogens is 5. The van der Waals surface area contributed by atoms with Gasteiger partial charge in [0.05, 0.1) is 5.56 Å². The largest absolute Gasteiger partial charge is 0.416 e. The van der Waals surface area contributed by atoms with Crippen molar-refractivity contribution in [3.8, 4) is 0 Å². The fourth-order valence-corrected chi connectivity index (χ4v) is 1.59. The van der Waals surface area contributed by atoms with Crippen molar-refractivity contribution in [2.45, 2.75) is 25.1 Å². The predicted octanol–water partition coefficient (Wildman–Crippen LogP) is 3.01. The first-order valence-corrected chi connectivity index (χ1v) is 5.18. The maximum Gasteiger partial charge on any atom is 0.416 e. The van der Waals surface area contributed by atoms with E-state index in [4.69, 9.17) is 11.5 Å². The van der Waals surface area contributed by atoms with Crippen LogP contribution in [0.4, 0.5) is 17.6 Å². The number of hydrogen-bond donors (Lipinski definition) is 2. The van der Waals surface area contributed by atoms with Crippen LogP contribution in [-0.2, 0) is 6.18 Å². The molecular weight excluding hydrogens is 272 g/mol. The lowest BCUT2D eigenvalue weighted by atomic mass is 9.97. The van der Waals surface area contributed by atoms with Gasteiger partial charge in [0.1, 0.15) is 5.82 Å². The first kappa shape index (κ1) is 17.2. The summed E-state index contributed by atoms with van der Waals surface area (Å²) in [5.41, 5.74) is 9.81. The van der Waals surface area contributed by atoms with Gasteiger partial charge in [0.25, 0.3) is 0 Å². The van der Waals surface area contributed by atoms with Gasteiger partial charge in [-0.05, 0) is 37.1 Å². The third-order valence-corrected chi connectivity index (χ3v) is 2.44. The van der Waals surface area contributed by atoms with E-state index in [0.717, 1.165) is 12.1 Å². The number of benzene rings is 1. The molecule has 1 aromatic carbocycles. The second kappa shape index (κ2) is 6.92. The fourth-order valence-electron chi connectivity index (χ4n) is 1.59. The van der Waals surface area contributed by atoms with Gasteiger partial charge in [-0.2, -0.15) is 13.2 Å². The molecule has 0 amide bonds. The minimum absolute atomic E-state index is 0. The first-order valence-electron chi connectivity index (χ1n) is 5.18. The Bertz CT molecular complexity index is 382. The Kier molecular flexibility index (Phi) is 6.59. The lowest BCUT2D eigenvalue weighted by molar-refractivity contribution is -0.138. The molecule has 0 aliphatic carbocycles. The van der Waals surface area contributed by atoms with E-state index in [2.05, 4.69) is 0 Å². The quantitative estimate of drug-likeness (QED) is 0.836. The smallest absolute Gasteiger partial charge is 0.330 e. The van der Waals surface area contributed by atoms with Crippen LogP contribution in [0.3, 0.4) is 0 Å². The molecule has 0 saturated heterocycles. The molecule has 0 spiro atoms. The summed E-state index contributed by atoms with van der Waals surface area (Å²) in [7, 11) is 0. The molecule has 0 aliphatic rings. The summed E-state index contributed by atoms with van der Waals surface area (Å²) in [6.45, 7) is 0.357. The highest BCUT2D eigenvalue weighted by molar-refractivity contribution is 5.85. The van der Waals surface area contributed by atoms with E-state index in [-0.39, 0.29) is 18.0 Å². The van der Waals surface area contributed by atoms with Crippen LogP contribution in [0.25, 0.3) is 0 Å². The molecule has 0 saturated carbocycles. The van der Waals surface area contributed by atoms with Crippen LogP contribution in [0.2, 0.25) is 0 Å². The van der Waals surface area contributed by atoms with Crippen molar-refractivity contribution in [3.63, 3.8) is 0 Å². The summed E-state index contributed by atoms with van der Waals surface area (Å²) in [6.07, 6.45) is -3.74. The van der Waals surface area contributed by atoms with E-state index >= 15 is 0 Å². The Labute approximate surface area is 109 Å². The highest BCUT2D eigenvalue weighted by Crippen LogP contribution is 2.35. The van der Waals surface area contributed by atoms with Crippen LogP contribution in [-0.4, -0.2) is 6.54 Å². The standard InChI is InChI=1S/C11H14F4N2.ClH/c12-7-3-4-8(10(17)2-1-5-16)9(6-7)11(13,14)15;/h3-4,6,10H,1-2,5,16-17H2;1H/t10-;/m1./s1. The van der Waals surface area contributed by atoms with E-state index in [9.17, 15) is 17.6 Å². The molecular formula is C11H15ClF4N2. The summed E-state index contributed by atoms with van der Waals surface area (Å²) < 4.78 is 50.8. The Morgan fingerprint density at radius 2 is 1.83 bits per heavy atom. The van der Waals surface area contributed by atoms with Crippen molar-refractivity contribution in [2.24, 2.45) is 11.5 Å². The van der Waals surface area contributed by atoms with Crippen LogP contribution in [0.5, 0.6) is 0 Å². The van der Waals surface area contributed by atoms with Gasteiger partial charge in [0.15, 0.2) is 0 Å². The summed E-state index contributed by atoms with van der Waals surface area (Å²) in [5, 5.41) is 0. The molecule has 0 bridgehead atoms. The van der Waals surface area contributed by atoms with Gasteiger partial charge >= 0.3 is 6.18 Å². The number of hydrogen-bond acceptors (Lipinski definition) is 2. The van der Waals surface area contributed by atoms with Crippen molar-refractivity contribution in [1.82, 2.24) is 0 Å². The van der Waals surface area contributed by atoms with Gasteiger partial charge in [0, 0.05) is 6.04 Å². The predicted molar refractivity (Wildman–Crippen MR) is 63.9 cm³/mol. The zero-order valence-electron chi connectivity index (χ0n) is 9.51. The van der Waals surface area contributed by atoms with Crippen LogP contribution in [0.15, 0.2) is 18.2 Å². The molecule has 1 rings (SSSR count). The first-order chi connectivity index (χ1) is 7.86. The third kappa shape index (κ3) is 4.44. The summed E-state index contributed by atoms with van der Waals surface area (Å²) >= 11 is 0. The molecule has 0 aromatic heterocycles. The highest BCUT2D eigenvalue weighted by atomic mass is 35.5. The molecule has 0 unspecified atom stereocenters. The van der Waals surface area contributed by atoms with E-state index in [0.29, 0.717) is 25.5 Å².